The largest absolute Gasteiger partial charge is 0.416 e. The number of thiophene rings is 1. The summed E-state index contributed by atoms with van der Waals surface area (Å²) >= 11 is 1.15. The van der Waals surface area contributed by atoms with Gasteiger partial charge in [0.05, 0.1) is 15.3 Å². The molecule has 4 nitrogen and oxygen atoms in total. The molecule has 0 radical (unpaired) electrons. The Labute approximate surface area is 163 Å². The Morgan fingerprint density at radius 1 is 0.929 bits per heavy atom. The smallest absolute Gasteiger partial charge is 0.288 e. The number of hydrogen-bond acceptors (Lipinski definition) is 4. The van der Waals surface area contributed by atoms with Gasteiger partial charge >= 0.3 is 6.18 Å². The number of benzene rings is 2. The molecule has 0 aliphatic rings. The third-order valence-electron chi connectivity index (χ3n) is 3.85. The lowest BCUT2D eigenvalue weighted by Gasteiger charge is -2.09. The second kappa shape index (κ2) is 7.86. The van der Waals surface area contributed by atoms with Gasteiger partial charge in [-0.3, -0.25) is 4.79 Å². The standard InChI is InChI=1S/C19H14F3NO3S2/c20-19(21,22)14-6-9-16(10-7-14)28(25,26)23-12-15-8-11-17(27-15)18(24)13-4-2-1-3-5-13/h1-11,23H,12H2. The summed E-state index contributed by atoms with van der Waals surface area (Å²) in [7, 11) is -3.98. The molecule has 0 amide bonds. The van der Waals surface area contributed by atoms with Crippen LogP contribution in [-0.4, -0.2) is 14.2 Å². The first-order valence-corrected chi connectivity index (χ1v) is 10.3. The monoisotopic (exact) mass is 425 g/mol. The number of halogens is 3. The lowest BCUT2D eigenvalue weighted by Crippen LogP contribution is -2.23. The van der Waals surface area contributed by atoms with Gasteiger partial charge in [0.25, 0.3) is 0 Å². The van der Waals surface area contributed by atoms with E-state index < -0.39 is 21.8 Å². The number of ketones is 1. The van der Waals surface area contributed by atoms with Crippen molar-refractivity contribution in [1.29, 1.82) is 0 Å². The number of carbonyl (C=O) groups is 1. The van der Waals surface area contributed by atoms with Crippen LogP contribution in [0.15, 0.2) is 71.6 Å². The molecular formula is C19H14F3NO3S2. The minimum Gasteiger partial charge on any atom is -0.288 e. The van der Waals surface area contributed by atoms with E-state index >= 15 is 0 Å². The van der Waals surface area contributed by atoms with Gasteiger partial charge in [-0.1, -0.05) is 30.3 Å². The van der Waals surface area contributed by atoms with Crippen molar-refractivity contribution in [2.45, 2.75) is 17.6 Å². The van der Waals surface area contributed by atoms with Crippen molar-refractivity contribution >= 4 is 27.1 Å². The highest BCUT2D eigenvalue weighted by atomic mass is 32.2. The Morgan fingerprint density at radius 3 is 2.18 bits per heavy atom. The summed E-state index contributed by atoms with van der Waals surface area (Å²) in [5, 5.41) is 0. The summed E-state index contributed by atoms with van der Waals surface area (Å²) in [6, 6.07) is 15.2. The Bertz CT molecular complexity index is 1070. The van der Waals surface area contributed by atoms with Gasteiger partial charge in [-0.15, -0.1) is 11.3 Å². The minimum absolute atomic E-state index is 0.0733. The molecule has 0 unspecified atom stereocenters. The van der Waals surface area contributed by atoms with E-state index in [1.54, 1.807) is 42.5 Å². The fraction of sp³-hybridized carbons (Fsp3) is 0.105. The van der Waals surface area contributed by atoms with E-state index in [0.717, 1.165) is 35.6 Å². The van der Waals surface area contributed by atoms with Gasteiger partial charge in [-0.25, -0.2) is 13.1 Å². The van der Waals surface area contributed by atoms with Crippen LogP contribution in [0.3, 0.4) is 0 Å². The van der Waals surface area contributed by atoms with Crippen LogP contribution in [0.2, 0.25) is 0 Å². The second-order valence-corrected chi connectivity index (χ2v) is 8.74. The number of sulfonamides is 1. The highest BCUT2D eigenvalue weighted by molar-refractivity contribution is 7.89. The van der Waals surface area contributed by atoms with Crippen LogP contribution in [0.1, 0.15) is 25.7 Å². The van der Waals surface area contributed by atoms with Crippen LogP contribution >= 0.6 is 11.3 Å². The molecule has 0 fully saturated rings. The predicted octanol–water partition coefficient (Wildman–Crippen LogP) is 4.48. The third-order valence-corrected chi connectivity index (χ3v) is 6.35. The van der Waals surface area contributed by atoms with Crippen LogP contribution in [-0.2, 0) is 22.7 Å². The maximum absolute atomic E-state index is 12.6. The number of alkyl halides is 3. The van der Waals surface area contributed by atoms with Crippen molar-refractivity contribution in [3.05, 3.63) is 87.6 Å². The first-order valence-electron chi connectivity index (χ1n) is 8.02. The fourth-order valence-corrected chi connectivity index (χ4v) is 4.41. The molecule has 0 saturated heterocycles. The zero-order chi connectivity index (χ0) is 20.4. The Kier molecular flexibility index (Phi) is 5.69. The van der Waals surface area contributed by atoms with Gasteiger partial charge in [-0.05, 0) is 36.4 Å². The molecule has 0 atom stereocenters. The average molecular weight is 425 g/mol. The summed E-state index contributed by atoms with van der Waals surface area (Å²) in [5.74, 6) is -0.164. The van der Waals surface area contributed by atoms with Crippen LogP contribution in [0.5, 0.6) is 0 Å². The van der Waals surface area contributed by atoms with E-state index in [4.69, 9.17) is 0 Å². The van der Waals surface area contributed by atoms with Gasteiger partial charge in [0, 0.05) is 17.0 Å². The van der Waals surface area contributed by atoms with Crippen molar-refractivity contribution in [2.24, 2.45) is 0 Å². The summed E-state index contributed by atoms with van der Waals surface area (Å²) < 4.78 is 64.6. The lowest BCUT2D eigenvalue weighted by atomic mass is 10.1. The summed E-state index contributed by atoms with van der Waals surface area (Å²) in [6.45, 7) is -0.0733. The van der Waals surface area contributed by atoms with Crippen LogP contribution in [0, 0.1) is 0 Å². The van der Waals surface area contributed by atoms with Gasteiger partial charge in [0.15, 0.2) is 0 Å². The molecule has 0 aliphatic heterocycles. The second-order valence-electron chi connectivity index (χ2n) is 5.81. The molecule has 0 spiro atoms. The molecule has 28 heavy (non-hydrogen) atoms. The Hall–Kier alpha value is -2.49. The van der Waals surface area contributed by atoms with Gasteiger partial charge in [0.2, 0.25) is 15.8 Å². The highest BCUT2D eigenvalue weighted by Gasteiger charge is 2.30. The number of nitrogens with one attached hydrogen (secondary N) is 1. The normalized spacial score (nSPS) is 12.1. The van der Waals surface area contributed by atoms with Crippen molar-refractivity contribution < 1.29 is 26.4 Å². The molecule has 2 aromatic carbocycles. The molecule has 0 saturated carbocycles. The first-order chi connectivity index (χ1) is 13.2. The van der Waals surface area contributed by atoms with Crippen LogP contribution in [0.4, 0.5) is 13.2 Å². The molecule has 1 heterocycles. The molecular weight excluding hydrogens is 411 g/mol. The van der Waals surface area contributed by atoms with E-state index in [0.29, 0.717) is 15.3 Å². The van der Waals surface area contributed by atoms with E-state index in [9.17, 15) is 26.4 Å². The van der Waals surface area contributed by atoms with Crippen LogP contribution in [0.25, 0.3) is 0 Å². The molecule has 146 valence electrons. The topological polar surface area (TPSA) is 63.2 Å². The predicted molar refractivity (Wildman–Crippen MR) is 99.7 cm³/mol. The van der Waals surface area contributed by atoms with Crippen molar-refractivity contribution in [1.82, 2.24) is 4.72 Å². The molecule has 1 N–H and O–H groups in total. The maximum Gasteiger partial charge on any atom is 0.416 e. The van der Waals surface area contributed by atoms with E-state index in [1.807, 2.05) is 0 Å². The molecule has 9 heteroatoms. The molecule has 3 aromatic rings. The average Bonchev–Trinajstić information content (AvgIpc) is 3.15. The Morgan fingerprint density at radius 2 is 1.57 bits per heavy atom. The van der Waals surface area contributed by atoms with E-state index in [2.05, 4.69) is 4.72 Å². The summed E-state index contributed by atoms with van der Waals surface area (Å²) in [4.78, 5) is 13.2. The fourth-order valence-electron chi connectivity index (χ4n) is 2.40. The van der Waals surface area contributed by atoms with Gasteiger partial charge in [0.1, 0.15) is 0 Å². The SMILES string of the molecule is O=C(c1ccccc1)c1ccc(CNS(=O)(=O)c2ccc(C(F)(F)F)cc2)s1. The number of hydrogen-bond donors (Lipinski definition) is 1. The summed E-state index contributed by atoms with van der Waals surface area (Å²) in [5.41, 5.74) is -0.394. The third kappa shape index (κ3) is 4.67. The highest BCUT2D eigenvalue weighted by Crippen LogP contribution is 2.29. The van der Waals surface area contributed by atoms with Gasteiger partial charge < -0.3 is 0 Å². The van der Waals surface area contributed by atoms with E-state index in [1.165, 1.54) is 0 Å². The van der Waals surface area contributed by atoms with Crippen LogP contribution < -0.4 is 4.72 Å². The molecule has 3 rings (SSSR count). The van der Waals surface area contributed by atoms with Crippen molar-refractivity contribution in [2.75, 3.05) is 0 Å². The Balaban J connectivity index is 1.68. The minimum atomic E-state index is -4.53. The molecule has 1 aromatic heterocycles. The quantitative estimate of drug-likeness (QED) is 0.593. The number of carbonyl (C=O) groups excluding carboxylic acids is 1. The maximum atomic E-state index is 12.6. The van der Waals surface area contributed by atoms with Gasteiger partial charge in [-0.2, -0.15) is 13.2 Å². The first kappa shape index (κ1) is 20.2. The lowest BCUT2D eigenvalue weighted by molar-refractivity contribution is -0.137. The molecule has 0 aliphatic carbocycles. The summed E-state index contributed by atoms with van der Waals surface area (Å²) in [6.07, 6.45) is -4.53. The van der Waals surface area contributed by atoms with E-state index in [-0.39, 0.29) is 17.2 Å². The molecule has 0 bridgehead atoms. The number of rotatable bonds is 6. The van der Waals surface area contributed by atoms with Crippen molar-refractivity contribution in [3.8, 4) is 0 Å². The zero-order valence-corrected chi connectivity index (χ0v) is 15.9. The van der Waals surface area contributed by atoms with Crippen molar-refractivity contribution in [3.63, 3.8) is 0 Å². The zero-order valence-electron chi connectivity index (χ0n) is 14.2.